The number of nitrogens with zero attached hydrogens (tertiary/aromatic N) is 1. The maximum absolute atomic E-state index is 4.83. The van der Waals surface area contributed by atoms with Crippen LogP contribution in [-0.4, -0.2) is 16.9 Å². The van der Waals surface area contributed by atoms with Gasteiger partial charge < -0.3 is 4.40 Å². The first kappa shape index (κ1) is 12.9. The summed E-state index contributed by atoms with van der Waals surface area (Å²) in [7, 11) is -1.00. The predicted molar refractivity (Wildman–Crippen MR) is 82.8 cm³/mol. The minimum Gasteiger partial charge on any atom is -0.319 e. The molecule has 2 aromatic rings. The van der Waals surface area contributed by atoms with Crippen LogP contribution in [0.15, 0.2) is 35.4 Å². The highest BCUT2D eigenvalue weighted by molar-refractivity contribution is 8.87. The maximum Gasteiger partial charge on any atom is 0.0464 e. The van der Waals surface area contributed by atoms with Crippen LogP contribution in [0.25, 0.3) is 5.52 Å². The van der Waals surface area contributed by atoms with Crippen LogP contribution in [0.4, 0.5) is 0 Å². The molecule has 0 N–H and O–H groups in total. The molecule has 2 aromatic heterocycles. The van der Waals surface area contributed by atoms with Gasteiger partial charge in [-0.05, 0) is 30.7 Å². The lowest BCUT2D eigenvalue weighted by atomic mass is 9.92. The first-order chi connectivity index (χ1) is 7.71. The Morgan fingerprint density at radius 1 is 1.18 bits per heavy atom. The van der Waals surface area contributed by atoms with Gasteiger partial charge in [0.15, 0.2) is 0 Å². The number of hydrogen-bond acceptors (Lipinski definition) is 1. The summed E-state index contributed by atoms with van der Waals surface area (Å²) in [6.07, 6.45) is 6.62. The van der Waals surface area contributed by atoms with Crippen LogP contribution in [0.3, 0.4) is 0 Å². The Morgan fingerprint density at radius 3 is 2.35 bits per heavy atom. The monoisotopic (exact) mass is 267 g/mol. The Morgan fingerprint density at radius 2 is 1.82 bits per heavy atom. The molecule has 0 saturated heterocycles. The molecule has 0 atom stereocenters. The van der Waals surface area contributed by atoms with E-state index in [9.17, 15) is 0 Å². The third kappa shape index (κ3) is 2.36. The van der Waals surface area contributed by atoms with Crippen molar-refractivity contribution < 1.29 is 0 Å². The number of rotatable bonds is 1. The van der Waals surface area contributed by atoms with Crippen LogP contribution in [0.2, 0.25) is 0 Å². The van der Waals surface area contributed by atoms with Gasteiger partial charge in [-0.15, -0.1) is 11.7 Å². The number of fused-ring (bicyclic) bond motifs is 1. The van der Waals surface area contributed by atoms with Gasteiger partial charge in [-0.25, -0.2) is 0 Å². The van der Waals surface area contributed by atoms with Gasteiger partial charge in [-0.2, -0.15) is 9.06 Å². The van der Waals surface area contributed by atoms with Crippen molar-refractivity contribution in [2.24, 2.45) is 0 Å². The molecule has 0 amide bonds. The smallest absolute Gasteiger partial charge is 0.0464 e. The molecule has 0 spiro atoms. The molecule has 17 heavy (non-hydrogen) atoms. The van der Waals surface area contributed by atoms with Gasteiger partial charge in [0.1, 0.15) is 0 Å². The number of pyridine rings is 1. The Bertz CT molecular complexity index is 541. The topological polar surface area (TPSA) is 4.41 Å². The van der Waals surface area contributed by atoms with Gasteiger partial charge >= 0.3 is 0 Å². The zero-order chi connectivity index (χ0) is 12.8. The quantitative estimate of drug-likeness (QED) is 0.573. The summed E-state index contributed by atoms with van der Waals surface area (Å²) in [6.45, 7) is 6.80. The van der Waals surface area contributed by atoms with Gasteiger partial charge in [-0.1, -0.05) is 26.8 Å². The molecule has 1 nitrogen and oxygen atoms in total. The van der Waals surface area contributed by atoms with Gasteiger partial charge in [0.25, 0.3) is 0 Å². The van der Waals surface area contributed by atoms with Crippen LogP contribution >= 0.6 is 20.7 Å². The summed E-state index contributed by atoms with van der Waals surface area (Å²) in [6, 6.07) is 8.64. The third-order valence-corrected chi connectivity index (χ3v) is 4.87. The lowest BCUT2D eigenvalue weighted by Gasteiger charge is -2.30. The van der Waals surface area contributed by atoms with Gasteiger partial charge in [0, 0.05) is 27.7 Å². The molecular formula is C14H21NS2. The van der Waals surface area contributed by atoms with Crippen molar-refractivity contribution in [3.05, 3.63) is 36.2 Å². The molecule has 2 rings (SSSR count). The molecule has 0 aromatic carbocycles. The molecule has 2 heterocycles. The molecule has 94 valence electrons. The highest BCUT2D eigenvalue weighted by atomic mass is 33.1. The lowest BCUT2D eigenvalue weighted by molar-refractivity contribution is 0.551. The Labute approximate surface area is 110 Å². The molecular weight excluding hydrogens is 246 g/mol. The average Bonchev–Trinajstić information content (AvgIpc) is 2.54. The summed E-state index contributed by atoms with van der Waals surface area (Å²) < 4.78 is 2.31. The van der Waals surface area contributed by atoms with Crippen molar-refractivity contribution in [3.8, 4) is 0 Å². The van der Waals surface area contributed by atoms with E-state index >= 15 is 0 Å². The molecule has 0 bridgehead atoms. The number of thiol groups is 1. The van der Waals surface area contributed by atoms with Crippen molar-refractivity contribution in [1.82, 2.24) is 4.40 Å². The van der Waals surface area contributed by atoms with E-state index in [4.69, 9.17) is 11.7 Å². The van der Waals surface area contributed by atoms with Gasteiger partial charge in [-0.3, -0.25) is 0 Å². The van der Waals surface area contributed by atoms with E-state index in [0.29, 0.717) is 0 Å². The summed E-state index contributed by atoms with van der Waals surface area (Å²) in [5.74, 6) is 0. The molecule has 3 heteroatoms. The Kier molecular flexibility index (Phi) is 3.03. The standard InChI is InChI=1S/C14H21NS2/c1-14(2,3)13-12(17(4,5)16)10-11-8-6-7-9-15(11)13/h6-10,16H,1-5H3. The number of hydrogen-bond donors (Lipinski definition) is 1. The first-order valence-electron chi connectivity index (χ1n) is 5.77. The molecule has 0 unspecified atom stereocenters. The third-order valence-electron chi connectivity index (χ3n) is 2.89. The molecule has 0 saturated carbocycles. The molecule has 0 aliphatic heterocycles. The van der Waals surface area contributed by atoms with Crippen molar-refractivity contribution in [1.29, 1.82) is 0 Å². The zero-order valence-corrected chi connectivity index (χ0v) is 12.9. The van der Waals surface area contributed by atoms with E-state index in [1.807, 2.05) is 0 Å². The zero-order valence-electron chi connectivity index (χ0n) is 11.2. The van der Waals surface area contributed by atoms with Crippen molar-refractivity contribution in [3.63, 3.8) is 0 Å². The van der Waals surface area contributed by atoms with Gasteiger partial charge in [0.05, 0.1) is 0 Å². The lowest BCUT2D eigenvalue weighted by Crippen LogP contribution is -2.16. The average molecular weight is 267 g/mol. The Hall–Kier alpha value is -0.540. The first-order valence-corrected chi connectivity index (χ1v) is 9.28. The number of aromatic nitrogens is 1. The van der Waals surface area contributed by atoms with Crippen molar-refractivity contribution in [2.45, 2.75) is 31.1 Å². The summed E-state index contributed by atoms with van der Waals surface area (Å²) in [4.78, 5) is 1.40. The largest absolute Gasteiger partial charge is 0.319 e. The van der Waals surface area contributed by atoms with Crippen LogP contribution in [0, 0.1) is 0 Å². The predicted octanol–water partition coefficient (Wildman–Crippen LogP) is 4.50. The highest BCUT2D eigenvalue weighted by Crippen LogP contribution is 2.57. The van der Waals surface area contributed by atoms with E-state index in [0.717, 1.165) is 0 Å². The van der Waals surface area contributed by atoms with Crippen molar-refractivity contribution >= 4 is 26.2 Å². The normalized spacial score (nSPS) is 14.2. The highest BCUT2D eigenvalue weighted by Gasteiger charge is 2.27. The molecule has 0 radical (unpaired) electrons. The summed E-state index contributed by atoms with van der Waals surface area (Å²) >= 11 is 4.83. The molecule has 0 fully saturated rings. The van der Waals surface area contributed by atoms with Gasteiger partial charge in [0.2, 0.25) is 0 Å². The fourth-order valence-electron chi connectivity index (χ4n) is 2.21. The fourth-order valence-corrected chi connectivity index (χ4v) is 3.92. The second kappa shape index (κ2) is 3.99. The molecule has 0 aliphatic carbocycles. The van der Waals surface area contributed by atoms with E-state index in [1.54, 1.807) is 0 Å². The van der Waals surface area contributed by atoms with E-state index in [-0.39, 0.29) is 5.41 Å². The maximum atomic E-state index is 4.83. The SMILES string of the molecule is CC(C)(C)c1c(S(C)(C)S)cc2ccccn12. The van der Waals surface area contributed by atoms with Crippen molar-refractivity contribution in [2.75, 3.05) is 12.5 Å². The van der Waals surface area contributed by atoms with Crippen LogP contribution in [-0.2, 0) is 5.41 Å². The van der Waals surface area contributed by atoms with E-state index in [2.05, 4.69) is 68.1 Å². The fraction of sp³-hybridized carbons (Fsp3) is 0.429. The minimum absolute atomic E-state index is 0.135. The van der Waals surface area contributed by atoms with Crippen LogP contribution < -0.4 is 0 Å². The van der Waals surface area contributed by atoms with E-state index in [1.165, 1.54) is 16.1 Å². The second-order valence-electron chi connectivity index (χ2n) is 5.88. The minimum atomic E-state index is -1.00. The Balaban J connectivity index is 2.84. The van der Waals surface area contributed by atoms with Crippen LogP contribution in [0.5, 0.6) is 0 Å². The summed E-state index contributed by atoms with van der Waals surface area (Å²) in [5, 5.41) is 0. The van der Waals surface area contributed by atoms with Crippen LogP contribution in [0.1, 0.15) is 26.5 Å². The summed E-state index contributed by atoms with van der Waals surface area (Å²) in [5.41, 5.74) is 2.79. The molecule has 0 aliphatic rings. The van der Waals surface area contributed by atoms with E-state index < -0.39 is 9.06 Å². The second-order valence-corrected chi connectivity index (χ2v) is 11.6.